The maximum Gasteiger partial charge on any atom is 0.221 e. The summed E-state index contributed by atoms with van der Waals surface area (Å²) in [6.07, 6.45) is 0.563. The molecule has 12 heavy (non-hydrogen) atoms. The Labute approximate surface area is 73.5 Å². The number of hydrogen-bond donors (Lipinski definition) is 1. The van der Waals surface area contributed by atoms with Gasteiger partial charge in [0, 0.05) is 24.5 Å². The van der Waals surface area contributed by atoms with Crippen molar-refractivity contribution in [3.63, 3.8) is 0 Å². The van der Waals surface area contributed by atoms with Crippen molar-refractivity contribution in [1.29, 1.82) is 0 Å². The van der Waals surface area contributed by atoms with Gasteiger partial charge in [0.15, 0.2) is 0 Å². The van der Waals surface area contributed by atoms with Crippen molar-refractivity contribution in [2.75, 3.05) is 13.7 Å². The van der Waals surface area contributed by atoms with Crippen LogP contribution in [0.5, 0.6) is 0 Å². The molecule has 1 unspecified atom stereocenters. The molecule has 1 aliphatic rings. The van der Waals surface area contributed by atoms with Crippen LogP contribution in [0, 0.1) is 5.41 Å². The fourth-order valence-electron chi connectivity index (χ4n) is 1.67. The van der Waals surface area contributed by atoms with Crippen molar-refractivity contribution in [1.82, 2.24) is 5.32 Å². The lowest BCUT2D eigenvalue weighted by Gasteiger charge is -2.36. The van der Waals surface area contributed by atoms with E-state index in [-0.39, 0.29) is 16.9 Å². The van der Waals surface area contributed by atoms with Gasteiger partial charge in [-0.2, -0.15) is 0 Å². The molecule has 0 saturated carbocycles. The molecule has 1 saturated heterocycles. The number of carbonyl (C=O) groups excluding carboxylic acids is 1. The summed E-state index contributed by atoms with van der Waals surface area (Å²) in [5, 5.41) is 2.95. The molecule has 1 N–H and O–H groups in total. The molecule has 0 radical (unpaired) electrons. The predicted octanol–water partition coefficient (Wildman–Crippen LogP) is 0.938. The highest BCUT2D eigenvalue weighted by Gasteiger charge is 2.49. The third-order valence-corrected chi connectivity index (χ3v) is 2.97. The summed E-state index contributed by atoms with van der Waals surface area (Å²) in [4.78, 5) is 11.2. The van der Waals surface area contributed by atoms with E-state index in [1.54, 1.807) is 7.11 Å². The second-order valence-corrected chi connectivity index (χ2v) is 4.34. The Morgan fingerprint density at radius 1 is 1.50 bits per heavy atom. The highest BCUT2D eigenvalue weighted by Crippen LogP contribution is 2.39. The summed E-state index contributed by atoms with van der Waals surface area (Å²) < 4.78 is 5.12. The van der Waals surface area contributed by atoms with Gasteiger partial charge in [0.2, 0.25) is 5.91 Å². The molecule has 1 aliphatic heterocycles. The van der Waals surface area contributed by atoms with Crippen molar-refractivity contribution < 1.29 is 9.53 Å². The van der Waals surface area contributed by atoms with E-state index in [0.717, 1.165) is 0 Å². The lowest BCUT2D eigenvalue weighted by molar-refractivity contribution is -0.120. The number of carbonyl (C=O) groups is 1. The Kier molecular flexibility index (Phi) is 2.17. The number of nitrogens with one attached hydrogen (secondary N) is 1. The van der Waals surface area contributed by atoms with Gasteiger partial charge in [-0.1, -0.05) is 6.92 Å². The van der Waals surface area contributed by atoms with Gasteiger partial charge in [-0.05, 0) is 13.8 Å². The maximum atomic E-state index is 11.2. The molecule has 1 atom stereocenters. The first-order chi connectivity index (χ1) is 5.41. The molecular weight excluding hydrogens is 154 g/mol. The van der Waals surface area contributed by atoms with E-state index in [1.807, 2.05) is 13.8 Å². The van der Waals surface area contributed by atoms with Crippen molar-refractivity contribution in [3.05, 3.63) is 0 Å². The number of hydrogen-bond acceptors (Lipinski definition) is 2. The lowest BCUT2D eigenvalue weighted by Crippen LogP contribution is -2.47. The lowest BCUT2D eigenvalue weighted by atomic mass is 9.75. The van der Waals surface area contributed by atoms with Crippen molar-refractivity contribution in [2.45, 2.75) is 32.7 Å². The molecule has 0 aromatic rings. The molecule has 0 spiro atoms. The van der Waals surface area contributed by atoms with Gasteiger partial charge in [0.05, 0.1) is 6.61 Å². The van der Waals surface area contributed by atoms with E-state index in [2.05, 4.69) is 12.2 Å². The van der Waals surface area contributed by atoms with Gasteiger partial charge >= 0.3 is 0 Å². The predicted molar refractivity (Wildman–Crippen MR) is 46.8 cm³/mol. The quantitative estimate of drug-likeness (QED) is 0.671. The third-order valence-electron chi connectivity index (χ3n) is 2.97. The first kappa shape index (κ1) is 9.52. The Hall–Kier alpha value is -0.570. The minimum atomic E-state index is -0.153. The molecule has 70 valence electrons. The summed E-state index contributed by atoms with van der Waals surface area (Å²) in [6.45, 7) is 6.78. The molecule has 0 bridgehead atoms. The van der Waals surface area contributed by atoms with E-state index in [1.165, 1.54) is 0 Å². The number of amides is 1. The van der Waals surface area contributed by atoms with Crippen molar-refractivity contribution in [2.24, 2.45) is 5.41 Å². The minimum absolute atomic E-state index is 0.0706. The summed E-state index contributed by atoms with van der Waals surface area (Å²) in [5.41, 5.74) is -0.223. The molecule has 0 aromatic carbocycles. The molecule has 1 fully saturated rings. The summed E-state index contributed by atoms with van der Waals surface area (Å²) >= 11 is 0. The zero-order chi connectivity index (χ0) is 9.41. The standard InChI is InChI=1S/C9H17NO2/c1-8(2)9(3,6-12-4)5-7(11)10-8/h5-6H2,1-4H3,(H,10,11). The van der Waals surface area contributed by atoms with Crippen LogP contribution in [0.15, 0.2) is 0 Å². The van der Waals surface area contributed by atoms with Crippen LogP contribution >= 0.6 is 0 Å². The molecule has 1 amide bonds. The smallest absolute Gasteiger partial charge is 0.221 e. The zero-order valence-corrected chi connectivity index (χ0v) is 8.23. The molecule has 3 nitrogen and oxygen atoms in total. The Balaban J connectivity index is 2.82. The van der Waals surface area contributed by atoms with E-state index in [9.17, 15) is 4.79 Å². The van der Waals surface area contributed by atoms with Crippen LogP contribution in [0.3, 0.4) is 0 Å². The highest BCUT2D eigenvalue weighted by molar-refractivity contribution is 5.80. The summed E-state index contributed by atoms with van der Waals surface area (Å²) in [6, 6.07) is 0. The Morgan fingerprint density at radius 2 is 2.08 bits per heavy atom. The first-order valence-electron chi connectivity index (χ1n) is 4.21. The van der Waals surface area contributed by atoms with Crippen LogP contribution in [-0.2, 0) is 9.53 Å². The van der Waals surface area contributed by atoms with Crippen LogP contribution in [0.4, 0.5) is 0 Å². The average Bonchev–Trinajstić information content (AvgIpc) is 2.02. The molecule has 3 heteroatoms. The van der Waals surface area contributed by atoms with Gasteiger partial charge in [-0.15, -0.1) is 0 Å². The van der Waals surface area contributed by atoms with Gasteiger partial charge < -0.3 is 10.1 Å². The first-order valence-corrected chi connectivity index (χ1v) is 4.21. The zero-order valence-electron chi connectivity index (χ0n) is 8.23. The Morgan fingerprint density at radius 3 is 2.42 bits per heavy atom. The monoisotopic (exact) mass is 171 g/mol. The van der Waals surface area contributed by atoms with E-state index >= 15 is 0 Å². The largest absolute Gasteiger partial charge is 0.384 e. The average molecular weight is 171 g/mol. The van der Waals surface area contributed by atoms with E-state index in [4.69, 9.17) is 4.74 Å². The molecule has 0 aromatic heterocycles. The fourth-order valence-corrected chi connectivity index (χ4v) is 1.67. The summed E-state index contributed by atoms with van der Waals surface area (Å²) in [5.74, 6) is 0.125. The van der Waals surface area contributed by atoms with Crippen LogP contribution in [0.2, 0.25) is 0 Å². The Bertz CT molecular complexity index is 201. The summed E-state index contributed by atoms with van der Waals surface area (Å²) in [7, 11) is 1.67. The number of rotatable bonds is 2. The van der Waals surface area contributed by atoms with Gasteiger partial charge in [0.1, 0.15) is 0 Å². The SMILES string of the molecule is COCC1(C)CC(=O)NC1(C)C. The van der Waals surface area contributed by atoms with Crippen molar-refractivity contribution >= 4 is 5.91 Å². The second-order valence-electron chi connectivity index (χ2n) is 4.34. The van der Waals surface area contributed by atoms with Crippen molar-refractivity contribution in [3.8, 4) is 0 Å². The van der Waals surface area contributed by atoms with Gasteiger partial charge in [-0.25, -0.2) is 0 Å². The molecule has 1 rings (SSSR count). The van der Waals surface area contributed by atoms with Gasteiger partial charge in [0.25, 0.3) is 0 Å². The van der Waals surface area contributed by atoms with E-state index in [0.29, 0.717) is 13.0 Å². The van der Waals surface area contributed by atoms with Crippen LogP contribution in [-0.4, -0.2) is 25.2 Å². The molecule has 0 aliphatic carbocycles. The number of methoxy groups -OCH3 is 1. The highest BCUT2D eigenvalue weighted by atomic mass is 16.5. The third kappa shape index (κ3) is 1.33. The topological polar surface area (TPSA) is 38.3 Å². The minimum Gasteiger partial charge on any atom is -0.384 e. The molecule has 1 heterocycles. The van der Waals surface area contributed by atoms with Crippen LogP contribution in [0.25, 0.3) is 0 Å². The van der Waals surface area contributed by atoms with Crippen LogP contribution < -0.4 is 5.32 Å². The fraction of sp³-hybridized carbons (Fsp3) is 0.889. The number of ether oxygens (including phenoxy) is 1. The molecular formula is C9H17NO2. The second kappa shape index (κ2) is 2.73. The van der Waals surface area contributed by atoms with E-state index < -0.39 is 0 Å². The maximum absolute atomic E-state index is 11.2. The van der Waals surface area contributed by atoms with Gasteiger partial charge in [-0.3, -0.25) is 4.79 Å². The normalized spacial score (nSPS) is 33.5. The van der Waals surface area contributed by atoms with Crippen LogP contribution in [0.1, 0.15) is 27.2 Å².